The minimum Gasteiger partial charge on any atom is -0.456 e. The van der Waals surface area contributed by atoms with Crippen molar-refractivity contribution in [1.82, 2.24) is 98.4 Å². The van der Waals surface area contributed by atoms with Crippen molar-refractivity contribution in [3.63, 3.8) is 0 Å². The number of hydrogen-bond acceptors (Lipinski definition) is 20. The van der Waals surface area contributed by atoms with E-state index >= 15 is 0 Å². The summed E-state index contributed by atoms with van der Waals surface area (Å²) in [6.45, 7) is 0. The van der Waals surface area contributed by atoms with Gasteiger partial charge in [-0.3, -0.25) is 29.9 Å². The van der Waals surface area contributed by atoms with Crippen LogP contribution in [0.15, 0.2) is 407 Å². The molecule has 18 aromatic heterocycles. The Bertz CT molecular complexity index is 10500. The monoisotopic (exact) mass is 1850 g/mol. The Balaban J connectivity index is 0.000000131. The van der Waals surface area contributed by atoms with Gasteiger partial charge in [-0.2, -0.15) is 0 Å². The Labute approximate surface area is 810 Å². The maximum Gasteiger partial charge on any atom is 0.198 e. The van der Waals surface area contributed by atoms with Gasteiger partial charge in [-0.1, -0.05) is 146 Å². The number of pyridine rings is 4. The molecule has 0 bridgehead atoms. The van der Waals surface area contributed by atoms with Crippen LogP contribution in [0.5, 0.6) is 0 Å². The number of rotatable bonds is 10. The summed E-state index contributed by atoms with van der Waals surface area (Å²) in [5.41, 5.74) is 30.6. The van der Waals surface area contributed by atoms with Crippen molar-refractivity contribution >= 4 is 219 Å². The fraction of sp³-hybridized carbons (Fsp3) is 0. The fourth-order valence-electron chi connectivity index (χ4n) is 21.5. The van der Waals surface area contributed by atoms with Gasteiger partial charge in [0.05, 0.1) is 124 Å². The molecule has 0 saturated heterocycles. The predicted octanol–water partition coefficient (Wildman–Crippen LogP) is 28.3. The van der Waals surface area contributed by atoms with Crippen molar-refractivity contribution in [3.8, 4) is 90.3 Å². The Kier molecular flexibility index (Phi) is 16.7. The standard InChI is InChI=1S/2C60H32N10O2/c1-3-15-45-35(9-1)37-19-17-33(49-21-23-51(71-49)43-31-65-57-39-11-5-25-61-53(39)55-41(59(57)67-43)13-7-27-63-55)29-47(37)69(45)70-46-16-4-2-10-36(46)38-20-18-34(30-48(38)70)50-22-24-52(72-50)44-32-66-58-40-12-6-26-62-54(40)56-42(60(58)68-44)14-8-28-64-56;1-3-7-49-39(5-1)41-15-9-33(35-11-17-43-45-19-13-37(29-55(45)71-53(43)27-35)47-31-65-57-59(67-47)63-23-21-61-57)25-51(41)69(49)70-50-8-4-2-6-40(50)42-16-10-34(26-52(42)70)36-12-18-44-46-20-14-38(30-56(46)72-54(44)28-36)48-32-66-58-60(68-48)64-24-22-62-58/h2*1-32H. The summed E-state index contributed by atoms with van der Waals surface area (Å²) in [6.07, 6.45) is 20.6. The van der Waals surface area contributed by atoms with Crippen LogP contribution in [-0.2, 0) is 0 Å². The van der Waals surface area contributed by atoms with Crippen LogP contribution in [0.4, 0.5) is 0 Å². The quantitative estimate of drug-likeness (QED) is 0.115. The number of para-hydroxylation sites is 4. The first-order valence-electron chi connectivity index (χ1n) is 47.1. The van der Waals surface area contributed by atoms with E-state index in [1.807, 2.05) is 84.9 Å². The van der Waals surface area contributed by atoms with Gasteiger partial charge < -0.3 is 17.7 Å². The fourth-order valence-corrected chi connectivity index (χ4v) is 21.5. The number of benzene rings is 14. The topological polar surface area (TPSA) is 279 Å². The number of aromatic nitrogens is 20. The first-order valence-corrected chi connectivity index (χ1v) is 47.1. The lowest BCUT2D eigenvalue weighted by atomic mass is 10.0. The summed E-state index contributed by atoms with van der Waals surface area (Å²) in [6, 6.07) is 110. The van der Waals surface area contributed by atoms with E-state index in [0.29, 0.717) is 68.4 Å². The van der Waals surface area contributed by atoms with Gasteiger partial charge in [0.1, 0.15) is 45.2 Å². The van der Waals surface area contributed by atoms with Gasteiger partial charge in [-0.15, -0.1) is 0 Å². The van der Waals surface area contributed by atoms with Gasteiger partial charge in [0.25, 0.3) is 0 Å². The number of furan rings is 4. The highest BCUT2D eigenvalue weighted by Gasteiger charge is 2.27. The molecule has 0 atom stereocenters. The molecule has 0 N–H and O–H groups in total. The maximum absolute atomic E-state index is 6.68. The van der Waals surface area contributed by atoms with Crippen molar-refractivity contribution in [2.24, 2.45) is 0 Å². The van der Waals surface area contributed by atoms with Crippen molar-refractivity contribution in [1.29, 1.82) is 0 Å². The Morgan fingerprint density at radius 1 is 0.153 bits per heavy atom. The first kappa shape index (κ1) is 78.7. The molecular weight excluding hydrogens is 1790 g/mol. The average Bonchev–Trinajstić information content (AvgIpc) is 1.55. The molecule has 18 heterocycles. The SMILES string of the molecule is c1ccc2c(c1)c1ccc(-c3ccc4c(c3)oc3cc(-c5cnc6nccnc6n5)ccc34)cc1n2-n1c2ccccc2c2ccc(-c3ccc4c(c3)oc3cc(-c5cnc6nccnc6n5)ccc34)cc21.c1cnc2c(c1)c1ncc(-c3ccc(-c4ccc5c6ccccc6n(-n6c7ccccc7c7ccc(-c8ccc(-c9cnc%10c%11cccnc%11c%11ncccc%11c%10n9)o8)cc76)c5c4)o3)nc1c1cccnc12. The molecular formula is C120H64N20O4. The molecule has 0 aliphatic rings. The molecule has 0 radical (unpaired) electrons. The summed E-state index contributed by atoms with van der Waals surface area (Å²) in [5.74, 6) is 2.65. The lowest BCUT2D eigenvalue weighted by molar-refractivity contribution is 0.594. The second-order valence-electron chi connectivity index (χ2n) is 36.0. The third kappa shape index (κ3) is 12.0. The first-order chi connectivity index (χ1) is 71.3. The zero-order valence-electron chi connectivity index (χ0n) is 75.5. The lowest BCUT2D eigenvalue weighted by Gasteiger charge is -2.14. The molecule has 668 valence electrons. The van der Waals surface area contributed by atoms with Crippen molar-refractivity contribution in [2.75, 3.05) is 0 Å². The third-order valence-corrected chi connectivity index (χ3v) is 28.1. The molecule has 24 heteroatoms. The molecule has 14 aromatic carbocycles. The van der Waals surface area contributed by atoms with Gasteiger partial charge in [0.2, 0.25) is 0 Å². The Hall–Kier alpha value is -20.4. The minimum atomic E-state index is 0.502. The van der Waals surface area contributed by atoms with E-state index in [1.54, 1.807) is 74.4 Å². The molecule has 24 nitrogen and oxygen atoms in total. The molecule has 0 saturated carbocycles. The van der Waals surface area contributed by atoms with Crippen LogP contribution >= 0.6 is 0 Å². The van der Waals surface area contributed by atoms with E-state index < -0.39 is 0 Å². The smallest absolute Gasteiger partial charge is 0.198 e. The van der Waals surface area contributed by atoms with E-state index in [0.717, 1.165) is 231 Å². The van der Waals surface area contributed by atoms with E-state index in [4.69, 9.17) is 47.6 Å². The molecule has 0 aliphatic heterocycles. The average molecular weight is 1850 g/mol. The number of nitrogens with zero attached hydrogens (tertiary/aromatic N) is 20. The van der Waals surface area contributed by atoms with E-state index in [-0.39, 0.29) is 0 Å². The molecule has 0 fully saturated rings. The Morgan fingerprint density at radius 3 is 0.778 bits per heavy atom. The van der Waals surface area contributed by atoms with Gasteiger partial charge in [-0.25, -0.2) is 68.5 Å². The van der Waals surface area contributed by atoms with Crippen LogP contribution in [0, 0.1) is 0 Å². The van der Waals surface area contributed by atoms with Crippen molar-refractivity contribution in [2.45, 2.75) is 0 Å². The van der Waals surface area contributed by atoms with Gasteiger partial charge in [0, 0.05) is 158 Å². The summed E-state index contributed by atoms with van der Waals surface area (Å²) < 4.78 is 36.0. The molecule has 0 spiro atoms. The van der Waals surface area contributed by atoms with Crippen LogP contribution in [0.2, 0.25) is 0 Å². The van der Waals surface area contributed by atoms with Crippen LogP contribution < -0.4 is 0 Å². The van der Waals surface area contributed by atoms with E-state index in [1.165, 1.54) is 10.8 Å². The number of hydrogen-bond donors (Lipinski definition) is 0. The maximum atomic E-state index is 6.68. The summed E-state index contributed by atoms with van der Waals surface area (Å²) in [4.78, 5) is 74.5. The third-order valence-electron chi connectivity index (χ3n) is 28.1. The second-order valence-corrected chi connectivity index (χ2v) is 36.0. The van der Waals surface area contributed by atoms with E-state index in [9.17, 15) is 0 Å². The van der Waals surface area contributed by atoms with Crippen LogP contribution in [-0.4, -0.2) is 98.4 Å². The lowest BCUT2D eigenvalue weighted by Crippen LogP contribution is -2.08. The minimum absolute atomic E-state index is 0.502. The summed E-state index contributed by atoms with van der Waals surface area (Å²) >= 11 is 0. The highest BCUT2D eigenvalue weighted by molar-refractivity contribution is 6.23. The van der Waals surface area contributed by atoms with E-state index in [2.05, 4.69) is 299 Å². The molecule has 32 rings (SSSR count). The normalized spacial score (nSPS) is 12.2. The zero-order valence-corrected chi connectivity index (χ0v) is 75.5. The second kappa shape index (κ2) is 30.5. The van der Waals surface area contributed by atoms with Crippen LogP contribution in [0.3, 0.4) is 0 Å². The number of fused-ring (bicyclic) bond motifs is 32. The summed E-state index contributed by atoms with van der Waals surface area (Å²) in [5, 5.41) is 16.9. The molecule has 144 heavy (non-hydrogen) atoms. The highest BCUT2D eigenvalue weighted by atomic mass is 16.3. The van der Waals surface area contributed by atoms with Gasteiger partial charge in [0.15, 0.2) is 34.1 Å². The molecule has 0 amide bonds. The van der Waals surface area contributed by atoms with Crippen LogP contribution in [0.25, 0.3) is 310 Å². The van der Waals surface area contributed by atoms with Gasteiger partial charge in [-0.05, 0) is 192 Å². The molecule has 32 aromatic rings. The zero-order chi connectivity index (χ0) is 94.0. The predicted molar refractivity (Wildman–Crippen MR) is 567 cm³/mol. The molecule has 0 aliphatic carbocycles. The van der Waals surface area contributed by atoms with Crippen molar-refractivity contribution in [3.05, 3.63) is 390 Å². The highest BCUT2D eigenvalue weighted by Crippen LogP contribution is 2.47. The van der Waals surface area contributed by atoms with Crippen LogP contribution in [0.1, 0.15) is 0 Å². The Morgan fingerprint density at radius 2 is 0.417 bits per heavy atom. The van der Waals surface area contributed by atoms with Crippen molar-refractivity contribution < 1.29 is 17.7 Å². The summed E-state index contributed by atoms with van der Waals surface area (Å²) in [7, 11) is 0. The largest absolute Gasteiger partial charge is 0.456 e. The molecule has 0 unspecified atom stereocenters. The van der Waals surface area contributed by atoms with Gasteiger partial charge >= 0.3 is 0 Å².